The second kappa shape index (κ2) is 4.74. The van der Waals surface area contributed by atoms with Crippen molar-refractivity contribution in [2.75, 3.05) is 0 Å². The number of hydrogen-bond donors (Lipinski definition) is 1. The average Bonchev–Trinajstić information content (AvgIpc) is 2.31. The van der Waals surface area contributed by atoms with Crippen LogP contribution in [0.2, 0.25) is 5.02 Å². The van der Waals surface area contributed by atoms with E-state index in [-0.39, 0.29) is 10.6 Å². The molecule has 0 aliphatic rings. The minimum absolute atomic E-state index is 0.0118. The summed E-state index contributed by atoms with van der Waals surface area (Å²) in [6.45, 7) is 0. The fourth-order valence-electron chi connectivity index (χ4n) is 1.56. The lowest BCUT2D eigenvalue weighted by Gasteiger charge is -2.05. The molecule has 0 heterocycles. The van der Waals surface area contributed by atoms with Crippen molar-refractivity contribution in [3.63, 3.8) is 0 Å². The molecular weight excluding hydrogens is 262 g/mol. The van der Waals surface area contributed by atoms with E-state index in [1.54, 1.807) is 0 Å². The number of hydrogen-bond acceptors (Lipinski definition) is 1. The number of rotatable bonds is 2. The second-order valence-corrected chi connectivity index (χ2v) is 4.10. The molecule has 92 valence electrons. The SMILES string of the molecule is O=C(O)c1cc(Cl)cc(-c2ccc(F)c(F)c2)c1. The molecule has 1 N–H and O–H groups in total. The number of carboxylic acid groups (broad SMARTS) is 1. The molecule has 0 saturated carbocycles. The summed E-state index contributed by atoms with van der Waals surface area (Å²) in [4.78, 5) is 10.9. The van der Waals surface area contributed by atoms with Gasteiger partial charge in [0.05, 0.1) is 5.56 Å². The van der Waals surface area contributed by atoms with Crippen LogP contribution in [0.5, 0.6) is 0 Å². The van der Waals surface area contributed by atoms with Gasteiger partial charge in [-0.3, -0.25) is 0 Å². The van der Waals surface area contributed by atoms with Gasteiger partial charge >= 0.3 is 5.97 Å². The Bertz CT molecular complexity index is 626. The summed E-state index contributed by atoms with van der Waals surface area (Å²) in [5.74, 6) is -3.09. The largest absolute Gasteiger partial charge is 0.478 e. The van der Waals surface area contributed by atoms with Gasteiger partial charge in [0.1, 0.15) is 0 Å². The van der Waals surface area contributed by atoms with Gasteiger partial charge in [-0.15, -0.1) is 0 Å². The maximum Gasteiger partial charge on any atom is 0.335 e. The van der Waals surface area contributed by atoms with E-state index >= 15 is 0 Å². The molecule has 5 heteroatoms. The van der Waals surface area contributed by atoms with E-state index in [9.17, 15) is 13.6 Å². The zero-order valence-electron chi connectivity index (χ0n) is 8.95. The molecule has 0 aliphatic carbocycles. The molecule has 0 unspecified atom stereocenters. The van der Waals surface area contributed by atoms with Crippen LogP contribution in [0, 0.1) is 11.6 Å². The van der Waals surface area contributed by atoms with Crippen LogP contribution >= 0.6 is 11.6 Å². The van der Waals surface area contributed by atoms with Crippen molar-refractivity contribution in [1.29, 1.82) is 0 Å². The lowest BCUT2D eigenvalue weighted by Crippen LogP contribution is -1.96. The fraction of sp³-hybridized carbons (Fsp3) is 0. The Labute approximate surface area is 106 Å². The summed E-state index contributed by atoms with van der Waals surface area (Å²) >= 11 is 5.78. The predicted octanol–water partition coefficient (Wildman–Crippen LogP) is 3.98. The molecule has 0 radical (unpaired) electrons. The first kappa shape index (κ1) is 12.5. The zero-order chi connectivity index (χ0) is 13.3. The Morgan fingerprint density at radius 2 is 1.72 bits per heavy atom. The minimum atomic E-state index is -1.14. The number of carboxylic acids is 1. The Morgan fingerprint density at radius 3 is 2.33 bits per heavy atom. The van der Waals surface area contributed by atoms with E-state index in [0.29, 0.717) is 11.1 Å². The maximum absolute atomic E-state index is 13.1. The topological polar surface area (TPSA) is 37.3 Å². The summed E-state index contributed by atoms with van der Waals surface area (Å²) in [5, 5.41) is 9.10. The van der Waals surface area contributed by atoms with Gasteiger partial charge in [0, 0.05) is 5.02 Å². The van der Waals surface area contributed by atoms with Crippen LogP contribution in [0.15, 0.2) is 36.4 Å². The van der Waals surface area contributed by atoms with Gasteiger partial charge in [-0.05, 0) is 41.5 Å². The molecule has 2 nitrogen and oxygen atoms in total. The fourth-order valence-corrected chi connectivity index (χ4v) is 1.79. The highest BCUT2D eigenvalue weighted by molar-refractivity contribution is 6.31. The quantitative estimate of drug-likeness (QED) is 0.894. The van der Waals surface area contributed by atoms with Crippen LogP contribution in [0.4, 0.5) is 8.78 Å². The van der Waals surface area contributed by atoms with Gasteiger partial charge in [0.2, 0.25) is 0 Å². The number of halogens is 3. The normalized spacial score (nSPS) is 10.4. The van der Waals surface area contributed by atoms with Crippen LogP contribution in [-0.2, 0) is 0 Å². The Hall–Kier alpha value is -1.94. The average molecular weight is 269 g/mol. The van der Waals surface area contributed by atoms with Gasteiger partial charge in [0.15, 0.2) is 11.6 Å². The molecule has 0 amide bonds. The first-order valence-electron chi connectivity index (χ1n) is 4.96. The van der Waals surface area contributed by atoms with Crippen LogP contribution in [0.3, 0.4) is 0 Å². The van der Waals surface area contributed by atoms with E-state index < -0.39 is 17.6 Å². The Morgan fingerprint density at radius 1 is 1.00 bits per heavy atom. The summed E-state index contributed by atoms with van der Waals surface area (Å²) in [7, 11) is 0. The third kappa shape index (κ3) is 2.49. The molecule has 0 fully saturated rings. The molecule has 0 aliphatic heterocycles. The van der Waals surface area contributed by atoms with Crippen molar-refractivity contribution in [3.05, 3.63) is 58.6 Å². The highest BCUT2D eigenvalue weighted by atomic mass is 35.5. The van der Waals surface area contributed by atoms with Crippen molar-refractivity contribution in [2.24, 2.45) is 0 Å². The van der Waals surface area contributed by atoms with Crippen molar-refractivity contribution >= 4 is 17.6 Å². The first-order chi connectivity index (χ1) is 8.47. The summed E-state index contributed by atoms with van der Waals surface area (Å²) in [6.07, 6.45) is 0. The van der Waals surface area contributed by atoms with E-state index in [2.05, 4.69) is 0 Å². The van der Waals surface area contributed by atoms with E-state index in [4.69, 9.17) is 16.7 Å². The van der Waals surface area contributed by atoms with Crippen molar-refractivity contribution in [2.45, 2.75) is 0 Å². The van der Waals surface area contributed by atoms with E-state index in [1.165, 1.54) is 24.3 Å². The third-order valence-electron chi connectivity index (χ3n) is 2.40. The van der Waals surface area contributed by atoms with Gasteiger partial charge < -0.3 is 5.11 Å². The Balaban J connectivity index is 2.56. The van der Waals surface area contributed by atoms with Gasteiger partial charge in [-0.2, -0.15) is 0 Å². The molecule has 2 aromatic carbocycles. The molecule has 0 aromatic heterocycles. The van der Waals surface area contributed by atoms with Gasteiger partial charge in [-0.25, -0.2) is 13.6 Å². The van der Waals surface area contributed by atoms with E-state index in [0.717, 1.165) is 12.1 Å². The van der Waals surface area contributed by atoms with Crippen LogP contribution in [0.25, 0.3) is 11.1 Å². The lowest BCUT2D eigenvalue weighted by atomic mass is 10.0. The minimum Gasteiger partial charge on any atom is -0.478 e. The maximum atomic E-state index is 13.1. The molecule has 2 aromatic rings. The molecular formula is C13H7ClF2O2. The second-order valence-electron chi connectivity index (χ2n) is 3.66. The number of carbonyl (C=O) groups is 1. The lowest BCUT2D eigenvalue weighted by molar-refractivity contribution is 0.0697. The van der Waals surface area contributed by atoms with Crippen LogP contribution in [-0.4, -0.2) is 11.1 Å². The molecule has 0 bridgehead atoms. The highest BCUT2D eigenvalue weighted by Crippen LogP contribution is 2.26. The molecule has 0 atom stereocenters. The van der Waals surface area contributed by atoms with Gasteiger partial charge in [0.25, 0.3) is 0 Å². The van der Waals surface area contributed by atoms with Crippen molar-refractivity contribution in [1.82, 2.24) is 0 Å². The molecule has 0 spiro atoms. The highest BCUT2D eigenvalue weighted by Gasteiger charge is 2.09. The standard InChI is InChI=1S/C13H7ClF2O2/c14-10-4-8(3-9(5-10)13(17)18)7-1-2-11(15)12(16)6-7/h1-6H,(H,17,18). The smallest absolute Gasteiger partial charge is 0.335 e. The van der Waals surface area contributed by atoms with Crippen molar-refractivity contribution in [3.8, 4) is 11.1 Å². The van der Waals surface area contributed by atoms with E-state index in [1.807, 2.05) is 0 Å². The van der Waals surface area contributed by atoms with Crippen LogP contribution < -0.4 is 0 Å². The molecule has 0 saturated heterocycles. The number of benzene rings is 2. The monoisotopic (exact) mass is 268 g/mol. The third-order valence-corrected chi connectivity index (χ3v) is 2.62. The first-order valence-corrected chi connectivity index (χ1v) is 5.34. The number of aromatic carboxylic acids is 1. The predicted molar refractivity (Wildman–Crippen MR) is 63.8 cm³/mol. The molecule has 18 heavy (non-hydrogen) atoms. The Kier molecular flexibility index (Phi) is 3.30. The van der Waals surface area contributed by atoms with Crippen molar-refractivity contribution < 1.29 is 18.7 Å². The summed E-state index contributed by atoms with van der Waals surface area (Å²) in [5.41, 5.74) is 0.764. The molecule has 2 rings (SSSR count). The van der Waals surface area contributed by atoms with Gasteiger partial charge in [-0.1, -0.05) is 17.7 Å². The van der Waals surface area contributed by atoms with Crippen LogP contribution in [0.1, 0.15) is 10.4 Å². The zero-order valence-corrected chi connectivity index (χ0v) is 9.71. The summed E-state index contributed by atoms with van der Waals surface area (Å²) < 4.78 is 25.9. The summed E-state index contributed by atoms with van der Waals surface area (Å²) in [6, 6.07) is 7.45.